The molecule has 4 rings (SSSR count). The number of aromatic nitrogens is 4. The summed E-state index contributed by atoms with van der Waals surface area (Å²) in [7, 11) is 0. The van der Waals surface area contributed by atoms with Gasteiger partial charge in [-0.15, -0.1) is 11.3 Å². The highest BCUT2D eigenvalue weighted by atomic mass is 35.5. The van der Waals surface area contributed by atoms with E-state index >= 15 is 0 Å². The van der Waals surface area contributed by atoms with Gasteiger partial charge in [0.2, 0.25) is 5.91 Å². The Labute approximate surface area is 194 Å². The number of unbranched alkanes of at least 4 members (excludes halogenated alkanes) is 1. The number of hydrogen-bond donors (Lipinski definition) is 1. The van der Waals surface area contributed by atoms with Crippen molar-refractivity contribution in [2.75, 3.05) is 6.54 Å². The smallest absolute Gasteiger partial charge is 0.268 e. The third kappa shape index (κ3) is 4.20. The number of rotatable bonds is 7. The molecular formula is C23H24ClN5O2S. The second-order valence-corrected chi connectivity index (χ2v) is 8.88. The average Bonchev–Trinajstić information content (AvgIpc) is 3.32. The van der Waals surface area contributed by atoms with Crippen LogP contribution in [-0.4, -0.2) is 31.6 Å². The van der Waals surface area contributed by atoms with E-state index in [1.54, 1.807) is 17.7 Å². The molecule has 0 atom stereocenters. The van der Waals surface area contributed by atoms with Crippen LogP contribution in [0.2, 0.25) is 5.02 Å². The second-order valence-electron chi connectivity index (χ2n) is 7.64. The summed E-state index contributed by atoms with van der Waals surface area (Å²) < 4.78 is 3.25. The Kier molecular flexibility index (Phi) is 6.43. The predicted octanol–water partition coefficient (Wildman–Crippen LogP) is 4.34. The van der Waals surface area contributed by atoms with E-state index < -0.39 is 0 Å². The Hall–Kier alpha value is -2.97. The highest BCUT2D eigenvalue weighted by molar-refractivity contribution is 7.15. The van der Waals surface area contributed by atoms with Crippen LogP contribution in [0.15, 0.2) is 40.5 Å². The zero-order valence-corrected chi connectivity index (χ0v) is 19.8. The first-order chi connectivity index (χ1) is 15.4. The van der Waals surface area contributed by atoms with E-state index in [1.165, 1.54) is 15.7 Å². The van der Waals surface area contributed by atoms with E-state index in [0.717, 1.165) is 24.2 Å². The number of aryl methyl sites for hydroxylation is 2. The van der Waals surface area contributed by atoms with Gasteiger partial charge in [-0.2, -0.15) is 5.10 Å². The minimum Gasteiger partial charge on any atom is -0.356 e. The predicted molar refractivity (Wildman–Crippen MR) is 128 cm³/mol. The number of fused-ring (bicyclic) bond motifs is 1. The van der Waals surface area contributed by atoms with Crippen molar-refractivity contribution in [1.29, 1.82) is 0 Å². The molecule has 4 aromatic rings. The summed E-state index contributed by atoms with van der Waals surface area (Å²) in [6.45, 7) is 6.42. The maximum Gasteiger partial charge on any atom is 0.268 e. The number of carbonyl (C=O) groups excluding carboxylic acids is 1. The first kappa shape index (κ1) is 22.2. The van der Waals surface area contributed by atoms with E-state index in [9.17, 15) is 9.59 Å². The lowest BCUT2D eigenvalue weighted by Gasteiger charge is -2.07. The number of benzene rings is 1. The molecule has 1 N–H and O–H groups in total. The second kappa shape index (κ2) is 9.26. The largest absolute Gasteiger partial charge is 0.356 e. The summed E-state index contributed by atoms with van der Waals surface area (Å²) in [4.78, 5) is 31.0. The fourth-order valence-corrected chi connectivity index (χ4v) is 4.76. The van der Waals surface area contributed by atoms with Crippen LogP contribution in [-0.2, 0) is 11.2 Å². The summed E-state index contributed by atoms with van der Waals surface area (Å²) >= 11 is 7.70. The van der Waals surface area contributed by atoms with Crippen LogP contribution in [0, 0.1) is 13.8 Å². The van der Waals surface area contributed by atoms with Crippen molar-refractivity contribution in [1.82, 2.24) is 24.5 Å². The lowest BCUT2D eigenvalue weighted by Crippen LogP contribution is -2.28. The fraction of sp³-hybridized carbons (Fsp3) is 0.304. The van der Waals surface area contributed by atoms with E-state index in [4.69, 9.17) is 11.6 Å². The number of hydrogen-bond acceptors (Lipinski definition) is 5. The molecule has 0 bridgehead atoms. The minimum absolute atomic E-state index is 0.106. The van der Waals surface area contributed by atoms with Crippen molar-refractivity contribution < 1.29 is 4.79 Å². The summed E-state index contributed by atoms with van der Waals surface area (Å²) in [5.74, 6) is -0.106. The monoisotopic (exact) mass is 469 g/mol. The summed E-state index contributed by atoms with van der Waals surface area (Å²) in [5.41, 5.74) is 3.52. The van der Waals surface area contributed by atoms with Crippen molar-refractivity contribution in [3.63, 3.8) is 0 Å². The lowest BCUT2D eigenvalue weighted by molar-refractivity contribution is -0.120. The van der Waals surface area contributed by atoms with Gasteiger partial charge in [0.1, 0.15) is 5.69 Å². The number of nitrogens with one attached hydrogen (secondary N) is 1. The molecule has 1 aromatic carbocycles. The first-order valence-corrected chi connectivity index (χ1v) is 11.7. The average molecular weight is 470 g/mol. The Morgan fingerprint density at radius 2 is 2.03 bits per heavy atom. The van der Waals surface area contributed by atoms with Gasteiger partial charge in [-0.3, -0.25) is 14.0 Å². The van der Waals surface area contributed by atoms with E-state index in [2.05, 4.69) is 22.3 Å². The van der Waals surface area contributed by atoms with Crippen LogP contribution < -0.4 is 10.9 Å². The van der Waals surface area contributed by atoms with E-state index in [-0.39, 0.29) is 17.9 Å². The summed E-state index contributed by atoms with van der Waals surface area (Å²) in [6.07, 6.45) is 2.06. The van der Waals surface area contributed by atoms with Gasteiger partial charge in [0.15, 0.2) is 4.96 Å². The number of para-hydroxylation sites is 1. The minimum atomic E-state index is -0.228. The number of carbonyl (C=O) groups is 1. The van der Waals surface area contributed by atoms with Gasteiger partial charge in [-0.25, -0.2) is 9.67 Å². The number of amides is 1. The molecule has 0 saturated heterocycles. The number of halogens is 1. The van der Waals surface area contributed by atoms with Gasteiger partial charge in [-0.05, 0) is 38.5 Å². The molecule has 0 spiro atoms. The molecule has 0 aliphatic rings. The van der Waals surface area contributed by atoms with Gasteiger partial charge in [0.05, 0.1) is 28.4 Å². The van der Waals surface area contributed by atoms with Crippen LogP contribution in [0.5, 0.6) is 0 Å². The van der Waals surface area contributed by atoms with E-state index in [1.807, 2.05) is 36.6 Å². The van der Waals surface area contributed by atoms with Crippen LogP contribution in [0.3, 0.4) is 0 Å². The number of nitrogens with zero attached hydrogens (tertiary/aromatic N) is 4. The SMILES string of the molecule is CCCCNC(=O)Cc1csc2nc(C)c(-c3cc(C)n(-c4ccccc4Cl)n3)c(=O)n12. The maximum absolute atomic E-state index is 13.5. The first-order valence-electron chi connectivity index (χ1n) is 10.5. The normalized spacial score (nSPS) is 11.2. The molecule has 0 aliphatic heterocycles. The van der Waals surface area contributed by atoms with Gasteiger partial charge in [0, 0.05) is 23.3 Å². The van der Waals surface area contributed by atoms with Crippen molar-refractivity contribution in [2.45, 2.75) is 40.0 Å². The summed E-state index contributed by atoms with van der Waals surface area (Å²) in [6, 6.07) is 9.27. The van der Waals surface area contributed by atoms with Crippen molar-refractivity contribution in [3.8, 4) is 16.9 Å². The molecule has 0 aliphatic carbocycles. The molecular weight excluding hydrogens is 446 g/mol. The zero-order chi connectivity index (χ0) is 22.8. The summed E-state index contributed by atoms with van der Waals surface area (Å²) in [5, 5.41) is 9.96. The van der Waals surface area contributed by atoms with Gasteiger partial charge < -0.3 is 5.32 Å². The quantitative estimate of drug-likeness (QED) is 0.408. The highest BCUT2D eigenvalue weighted by Crippen LogP contribution is 2.26. The third-order valence-corrected chi connectivity index (χ3v) is 6.43. The molecule has 3 aromatic heterocycles. The standard InChI is InChI=1S/C23H24ClN5O2S/c1-4-5-10-25-20(30)12-16-13-32-23-26-15(3)21(22(31)28(16)23)18-11-14(2)29(27-18)19-9-7-6-8-17(19)24/h6-9,11,13H,4-5,10,12H2,1-3H3,(H,25,30). The molecule has 0 fully saturated rings. The molecule has 1 amide bonds. The fourth-order valence-electron chi connectivity index (χ4n) is 3.62. The van der Waals surface area contributed by atoms with E-state index in [0.29, 0.717) is 39.2 Å². The molecule has 0 unspecified atom stereocenters. The molecule has 3 heterocycles. The lowest BCUT2D eigenvalue weighted by atomic mass is 10.1. The molecule has 9 heteroatoms. The van der Waals surface area contributed by atoms with Crippen molar-refractivity contribution in [3.05, 3.63) is 68.2 Å². The highest BCUT2D eigenvalue weighted by Gasteiger charge is 2.20. The molecule has 0 radical (unpaired) electrons. The van der Waals surface area contributed by atoms with Gasteiger partial charge in [-0.1, -0.05) is 37.1 Å². The topological polar surface area (TPSA) is 81.3 Å². The van der Waals surface area contributed by atoms with Crippen molar-refractivity contribution >= 4 is 33.8 Å². The van der Waals surface area contributed by atoms with Gasteiger partial charge in [0.25, 0.3) is 5.56 Å². The third-order valence-electron chi connectivity index (χ3n) is 5.24. The van der Waals surface area contributed by atoms with Crippen LogP contribution in [0.25, 0.3) is 21.9 Å². The Bertz CT molecular complexity index is 1350. The Balaban J connectivity index is 1.76. The van der Waals surface area contributed by atoms with Crippen LogP contribution >= 0.6 is 22.9 Å². The van der Waals surface area contributed by atoms with Crippen molar-refractivity contribution in [2.24, 2.45) is 0 Å². The van der Waals surface area contributed by atoms with Crippen LogP contribution in [0.1, 0.15) is 36.8 Å². The number of thiazole rings is 1. The Morgan fingerprint density at radius 3 is 2.78 bits per heavy atom. The molecule has 32 heavy (non-hydrogen) atoms. The van der Waals surface area contributed by atoms with Crippen LogP contribution in [0.4, 0.5) is 0 Å². The molecule has 0 saturated carbocycles. The molecule has 7 nitrogen and oxygen atoms in total. The Morgan fingerprint density at radius 1 is 1.25 bits per heavy atom. The molecule has 166 valence electrons. The zero-order valence-electron chi connectivity index (χ0n) is 18.2. The maximum atomic E-state index is 13.5. The van der Waals surface area contributed by atoms with Gasteiger partial charge >= 0.3 is 0 Å².